The summed E-state index contributed by atoms with van der Waals surface area (Å²) in [5, 5.41) is 2.00. The van der Waals surface area contributed by atoms with Crippen molar-refractivity contribution < 1.29 is 28.2 Å². The fourth-order valence-corrected chi connectivity index (χ4v) is 5.38. The quantitative estimate of drug-likeness (QED) is 0.342. The summed E-state index contributed by atoms with van der Waals surface area (Å²) in [6, 6.07) is 14.7. The first-order valence-corrected chi connectivity index (χ1v) is 13.0. The maximum atomic E-state index is 14.2. The summed E-state index contributed by atoms with van der Waals surface area (Å²) in [4.78, 5) is 31.6. The lowest BCUT2D eigenvalue weighted by atomic mass is 10.0. The summed E-state index contributed by atoms with van der Waals surface area (Å²) in [5.41, 5.74) is 1.45. The number of nitrogens with zero attached hydrogens (tertiary/aromatic N) is 2. The van der Waals surface area contributed by atoms with Crippen LogP contribution in [-0.4, -0.2) is 68.7 Å². The van der Waals surface area contributed by atoms with E-state index in [1.165, 1.54) is 10.9 Å². The van der Waals surface area contributed by atoms with Gasteiger partial charge in [0.25, 0.3) is 5.91 Å². The summed E-state index contributed by atoms with van der Waals surface area (Å²) in [6.45, 7) is 1.36. The maximum absolute atomic E-state index is 14.2. The van der Waals surface area contributed by atoms with Crippen LogP contribution in [0.15, 0.2) is 60.0 Å². The first-order chi connectivity index (χ1) is 18.0. The normalized spacial score (nSPS) is 14.7. The summed E-state index contributed by atoms with van der Waals surface area (Å²) >= 11 is 1.64. The van der Waals surface area contributed by atoms with Gasteiger partial charge in [0, 0.05) is 37.2 Å². The number of hydrogen-bond acceptors (Lipinski definition) is 6. The first-order valence-electron chi connectivity index (χ1n) is 12.2. The van der Waals surface area contributed by atoms with Crippen molar-refractivity contribution in [1.82, 2.24) is 9.80 Å². The molecule has 0 radical (unpaired) electrons. The number of para-hydroxylation sites is 1. The van der Waals surface area contributed by atoms with Crippen molar-refractivity contribution in [3.63, 3.8) is 0 Å². The van der Waals surface area contributed by atoms with Gasteiger partial charge < -0.3 is 24.0 Å². The topological polar surface area (TPSA) is 68.3 Å². The zero-order valence-corrected chi connectivity index (χ0v) is 21.8. The number of methoxy groups -OCH3 is 2. The van der Waals surface area contributed by atoms with Crippen LogP contribution in [0.5, 0.6) is 11.5 Å². The zero-order valence-electron chi connectivity index (χ0n) is 21.0. The Labute approximate surface area is 220 Å². The molecular weight excluding hydrogens is 495 g/mol. The molecule has 1 aromatic heterocycles. The van der Waals surface area contributed by atoms with Crippen molar-refractivity contribution in [1.29, 1.82) is 0 Å². The van der Waals surface area contributed by atoms with Crippen molar-refractivity contribution in [2.75, 3.05) is 47.1 Å². The van der Waals surface area contributed by atoms with E-state index in [0.717, 1.165) is 12.0 Å². The Morgan fingerprint density at radius 3 is 2.76 bits per heavy atom. The molecule has 37 heavy (non-hydrogen) atoms. The molecule has 0 unspecified atom stereocenters. The summed E-state index contributed by atoms with van der Waals surface area (Å²) in [6.07, 6.45) is 1.32. The molecule has 7 nitrogen and oxygen atoms in total. The van der Waals surface area contributed by atoms with E-state index in [1.807, 2.05) is 11.4 Å². The van der Waals surface area contributed by atoms with Gasteiger partial charge >= 0.3 is 0 Å². The molecule has 2 aromatic carbocycles. The molecule has 0 aliphatic carbocycles. The fraction of sp³-hybridized carbons (Fsp3) is 0.357. The van der Waals surface area contributed by atoms with Crippen LogP contribution in [-0.2, 0) is 16.0 Å². The number of halogens is 1. The van der Waals surface area contributed by atoms with E-state index >= 15 is 0 Å². The molecule has 2 heterocycles. The molecule has 0 spiro atoms. The van der Waals surface area contributed by atoms with Gasteiger partial charge in [-0.3, -0.25) is 9.59 Å². The van der Waals surface area contributed by atoms with Gasteiger partial charge in [-0.05, 0) is 60.2 Å². The van der Waals surface area contributed by atoms with Crippen molar-refractivity contribution >= 4 is 23.2 Å². The summed E-state index contributed by atoms with van der Waals surface area (Å²) in [5.74, 6) is -0.176. The van der Waals surface area contributed by atoms with Gasteiger partial charge in [0.15, 0.2) is 11.6 Å². The van der Waals surface area contributed by atoms with Crippen LogP contribution >= 0.6 is 11.3 Å². The molecule has 196 valence electrons. The van der Waals surface area contributed by atoms with Crippen LogP contribution < -0.4 is 9.47 Å². The Bertz CT molecular complexity index is 1220. The van der Waals surface area contributed by atoms with Crippen LogP contribution in [0.25, 0.3) is 0 Å². The Hall–Kier alpha value is -3.43. The monoisotopic (exact) mass is 526 g/mol. The second kappa shape index (κ2) is 12.7. The van der Waals surface area contributed by atoms with Gasteiger partial charge in [0.2, 0.25) is 5.91 Å². The third-order valence-corrected chi connectivity index (χ3v) is 7.35. The molecule has 1 aliphatic heterocycles. The van der Waals surface area contributed by atoms with E-state index in [2.05, 4.69) is 0 Å². The van der Waals surface area contributed by atoms with Gasteiger partial charge in [-0.2, -0.15) is 0 Å². The van der Waals surface area contributed by atoms with Crippen molar-refractivity contribution in [2.45, 2.75) is 18.9 Å². The maximum Gasteiger partial charge on any atom is 0.254 e. The van der Waals surface area contributed by atoms with Crippen LogP contribution in [0, 0.1) is 5.82 Å². The minimum absolute atomic E-state index is 0.0879. The van der Waals surface area contributed by atoms with Gasteiger partial charge in [0.1, 0.15) is 18.9 Å². The van der Waals surface area contributed by atoms with Gasteiger partial charge in [-0.15, -0.1) is 11.3 Å². The molecule has 3 aromatic rings. The number of fused-ring (bicyclic) bond motifs is 1. The predicted molar refractivity (Wildman–Crippen MR) is 140 cm³/mol. The largest absolute Gasteiger partial charge is 0.497 e. The van der Waals surface area contributed by atoms with Crippen molar-refractivity contribution in [2.24, 2.45) is 0 Å². The van der Waals surface area contributed by atoms with E-state index in [0.29, 0.717) is 37.4 Å². The number of carbonyl (C=O) groups is 2. The molecule has 0 saturated carbocycles. The molecule has 0 N–H and O–H groups in total. The lowest BCUT2D eigenvalue weighted by Gasteiger charge is -2.37. The highest BCUT2D eigenvalue weighted by Crippen LogP contribution is 2.34. The van der Waals surface area contributed by atoms with E-state index in [4.69, 9.17) is 14.2 Å². The summed E-state index contributed by atoms with van der Waals surface area (Å²) in [7, 11) is 3.15. The highest BCUT2D eigenvalue weighted by molar-refractivity contribution is 7.10. The minimum Gasteiger partial charge on any atom is -0.497 e. The van der Waals surface area contributed by atoms with E-state index in [-0.39, 0.29) is 36.8 Å². The molecule has 1 aliphatic rings. The van der Waals surface area contributed by atoms with E-state index in [1.54, 1.807) is 77.8 Å². The third-order valence-electron chi connectivity index (χ3n) is 6.36. The number of rotatable bonds is 11. The standard InChI is InChI=1S/C28H31FN2O5S/c1-34-15-6-13-30(28(33)20-7-5-8-21(17-20)35-2)18-27(32)31-14-11-26-22(12-16-37-26)24(31)19-36-25-10-4-3-9-23(25)29/h3-5,7-10,12,16-17,24H,6,11,13-15,18-19H2,1-2H3/t24-/m1/s1. The van der Waals surface area contributed by atoms with Crippen LogP contribution in [0.4, 0.5) is 4.39 Å². The Balaban J connectivity index is 1.53. The van der Waals surface area contributed by atoms with E-state index < -0.39 is 5.82 Å². The number of amides is 2. The smallest absolute Gasteiger partial charge is 0.254 e. The van der Waals surface area contributed by atoms with Gasteiger partial charge in [0.05, 0.1) is 13.2 Å². The fourth-order valence-electron chi connectivity index (χ4n) is 4.45. The molecule has 4 rings (SSSR count). The minimum atomic E-state index is -0.449. The van der Waals surface area contributed by atoms with Crippen LogP contribution in [0.2, 0.25) is 0 Å². The second-order valence-electron chi connectivity index (χ2n) is 8.70. The molecular formula is C28H31FN2O5S. The zero-order chi connectivity index (χ0) is 26.2. The number of carbonyl (C=O) groups excluding carboxylic acids is 2. The number of benzene rings is 2. The third kappa shape index (κ3) is 6.47. The molecule has 0 bridgehead atoms. The molecule has 0 saturated heterocycles. The first kappa shape index (κ1) is 26.6. The number of thiophene rings is 1. The average Bonchev–Trinajstić information content (AvgIpc) is 3.41. The lowest BCUT2D eigenvalue weighted by molar-refractivity contribution is -0.135. The van der Waals surface area contributed by atoms with Gasteiger partial charge in [-0.25, -0.2) is 4.39 Å². The molecule has 0 fully saturated rings. The SMILES string of the molecule is COCCCN(CC(=O)N1CCc2sccc2[C@H]1COc1ccccc1F)C(=O)c1cccc(OC)c1. The Kier molecular flexibility index (Phi) is 9.14. The lowest BCUT2D eigenvalue weighted by Crippen LogP contribution is -2.48. The highest BCUT2D eigenvalue weighted by atomic mass is 32.1. The average molecular weight is 527 g/mol. The van der Waals surface area contributed by atoms with Gasteiger partial charge in [-0.1, -0.05) is 18.2 Å². The highest BCUT2D eigenvalue weighted by Gasteiger charge is 2.33. The molecule has 2 amide bonds. The number of ether oxygens (including phenoxy) is 3. The van der Waals surface area contributed by atoms with Crippen LogP contribution in [0.1, 0.15) is 33.3 Å². The van der Waals surface area contributed by atoms with E-state index in [9.17, 15) is 14.0 Å². The Morgan fingerprint density at radius 2 is 1.97 bits per heavy atom. The molecule has 9 heteroatoms. The predicted octanol–water partition coefficient (Wildman–Crippen LogP) is 4.58. The Morgan fingerprint density at radius 1 is 1.14 bits per heavy atom. The molecule has 1 atom stereocenters. The van der Waals surface area contributed by atoms with Crippen molar-refractivity contribution in [3.05, 3.63) is 81.8 Å². The summed E-state index contributed by atoms with van der Waals surface area (Å²) < 4.78 is 30.5. The van der Waals surface area contributed by atoms with Crippen molar-refractivity contribution in [3.8, 4) is 11.5 Å². The van der Waals surface area contributed by atoms with Crippen LogP contribution in [0.3, 0.4) is 0 Å². The second-order valence-corrected chi connectivity index (χ2v) is 9.70. The number of hydrogen-bond donors (Lipinski definition) is 0.